The van der Waals surface area contributed by atoms with Crippen molar-refractivity contribution < 1.29 is 0 Å². The van der Waals surface area contributed by atoms with Crippen LogP contribution in [0.4, 0.5) is 17.1 Å². The van der Waals surface area contributed by atoms with Gasteiger partial charge in [0.2, 0.25) is 0 Å². The van der Waals surface area contributed by atoms with Gasteiger partial charge in [0.05, 0.1) is 0 Å². The van der Waals surface area contributed by atoms with Crippen LogP contribution in [0.25, 0.3) is 66.4 Å². The number of benzene rings is 9. The highest BCUT2D eigenvalue weighted by molar-refractivity contribution is 5.92. The second-order valence-corrected chi connectivity index (χ2v) is 17.4. The molecule has 0 bridgehead atoms. The fourth-order valence-electron chi connectivity index (χ4n) is 9.97. The van der Waals surface area contributed by atoms with Crippen molar-refractivity contribution in [3.8, 4) is 55.6 Å². The normalized spacial score (nSPS) is 14.0. The first kappa shape index (κ1) is 35.2. The molecule has 9 aromatic rings. The van der Waals surface area contributed by atoms with Gasteiger partial charge in [-0.15, -0.1) is 0 Å². The van der Waals surface area contributed by atoms with E-state index in [-0.39, 0.29) is 10.8 Å². The second-order valence-electron chi connectivity index (χ2n) is 17.4. The number of rotatable bonds is 6. The second kappa shape index (κ2) is 13.3. The van der Waals surface area contributed by atoms with E-state index in [1.54, 1.807) is 0 Å². The molecule has 1 nitrogen and oxygen atoms in total. The van der Waals surface area contributed by atoms with Gasteiger partial charge >= 0.3 is 0 Å². The molecule has 0 saturated heterocycles. The van der Waals surface area contributed by atoms with Crippen molar-refractivity contribution in [2.24, 2.45) is 0 Å². The molecule has 0 radical (unpaired) electrons. The molecule has 0 aliphatic heterocycles. The van der Waals surface area contributed by atoms with Crippen LogP contribution >= 0.6 is 0 Å². The monoisotopic (exact) mass is 755 g/mol. The molecule has 282 valence electrons. The van der Waals surface area contributed by atoms with E-state index in [0.717, 1.165) is 17.1 Å². The molecule has 0 N–H and O–H groups in total. The molecule has 2 aliphatic rings. The number of hydrogen-bond acceptors (Lipinski definition) is 1. The molecule has 0 fully saturated rings. The Morgan fingerprint density at radius 2 is 0.627 bits per heavy atom. The lowest BCUT2D eigenvalue weighted by Crippen LogP contribution is -2.18. The summed E-state index contributed by atoms with van der Waals surface area (Å²) in [5.41, 5.74) is 21.3. The van der Waals surface area contributed by atoms with Crippen LogP contribution in [0.3, 0.4) is 0 Å². The van der Waals surface area contributed by atoms with Crippen molar-refractivity contribution in [1.82, 2.24) is 0 Å². The molecule has 0 spiro atoms. The van der Waals surface area contributed by atoms with Crippen LogP contribution in [0, 0.1) is 0 Å². The predicted molar refractivity (Wildman–Crippen MR) is 250 cm³/mol. The number of nitrogens with zero attached hydrogens (tertiary/aromatic N) is 1. The topological polar surface area (TPSA) is 3.24 Å². The summed E-state index contributed by atoms with van der Waals surface area (Å²) in [6, 6.07) is 74.3. The summed E-state index contributed by atoms with van der Waals surface area (Å²) in [5, 5.41) is 2.54. The van der Waals surface area contributed by atoms with Crippen LogP contribution in [-0.2, 0) is 10.8 Å². The fraction of sp³-hybridized carbons (Fsp3) is 0.103. The molecule has 0 unspecified atom stereocenters. The van der Waals surface area contributed by atoms with Gasteiger partial charge in [-0.3, -0.25) is 0 Å². The predicted octanol–water partition coefficient (Wildman–Crippen LogP) is 15.9. The van der Waals surface area contributed by atoms with Gasteiger partial charge in [-0.05, 0) is 143 Å². The fourth-order valence-corrected chi connectivity index (χ4v) is 9.97. The Morgan fingerprint density at radius 1 is 0.271 bits per heavy atom. The third-order valence-corrected chi connectivity index (χ3v) is 13.3. The van der Waals surface area contributed by atoms with Crippen molar-refractivity contribution in [1.29, 1.82) is 0 Å². The van der Waals surface area contributed by atoms with E-state index >= 15 is 0 Å². The third kappa shape index (κ3) is 5.68. The van der Waals surface area contributed by atoms with Crippen molar-refractivity contribution in [2.75, 3.05) is 4.90 Å². The van der Waals surface area contributed by atoms with Gasteiger partial charge in [-0.25, -0.2) is 0 Å². The number of anilines is 3. The molecular formula is C58H45N. The van der Waals surface area contributed by atoms with Crippen molar-refractivity contribution in [2.45, 2.75) is 38.5 Å². The van der Waals surface area contributed by atoms with Gasteiger partial charge in [0.25, 0.3) is 0 Å². The number of hydrogen-bond donors (Lipinski definition) is 0. The summed E-state index contributed by atoms with van der Waals surface area (Å²) < 4.78 is 0. The minimum absolute atomic E-state index is 0.168. The summed E-state index contributed by atoms with van der Waals surface area (Å²) in [7, 11) is 0. The highest BCUT2D eigenvalue weighted by Gasteiger charge is 2.38. The minimum atomic E-state index is -0.186. The molecule has 0 atom stereocenters. The Morgan fingerprint density at radius 3 is 1.17 bits per heavy atom. The highest BCUT2D eigenvalue weighted by Crippen LogP contribution is 2.54. The summed E-state index contributed by atoms with van der Waals surface area (Å²) in [6.45, 7) is 9.56. The van der Waals surface area contributed by atoms with E-state index in [9.17, 15) is 0 Å². The van der Waals surface area contributed by atoms with Crippen LogP contribution in [0.1, 0.15) is 49.9 Å². The van der Waals surface area contributed by atoms with Crippen LogP contribution in [0.15, 0.2) is 200 Å². The van der Waals surface area contributed by atoms with E-state index in [4.69, 9.17) is 0 Å². The van der Waals surface area contributed by atoms with E-state index in [2.05, 4.69) is 233 Å². The zero-order chi connectivity index (χ0) is 39.9. The number of fused-ring (bicyclic) bond motifs is 7. The molecule has 0 amide bonds. The maximum Gasteiger partial charge on any atom is 0.0465 e. The standard InChI is InChI=1S/C58H45N/c1-57(2)53-34-44(39-15-9-6-10-16-39)23-29-49(53)51-31-27-47(36-55(51)57)59(46-25-21-41(22-26-46)38-13-7-5-8-14-38)48-28-32-52-50-30-24-45(35-54(50)58(3,4)56(52)37-48)43-20-19-40-17-11-12-18-42(40)33-43/h5-37H,1-4H3. The Hall–Kier alpha value is -6.96. The molecule has 59 heavy (non-hydrogen) atoms. The lowest BCUT2D eigenvalue weighted by Gasteiger charge is -2.30. The summed E-state index contributed by atoms with van der Waals surface area (Å²) in [5.74, 6) is 0. The molecule has 0 saturated carbocycles. The zero-order valence-electron chi connectivity index (χ0n) is 34.0. The van der Waals surface area contributed by atoms with E-state index < -0.39 is 0 Å². The summed E-state index contributed by atoms with van der Waals surface area (Å²) in [6.07, 6.45) is 0. The summed E-state index contributed by atoms with van der Waals surface area (Å²) >= 11 is 0. The van der Waals surface area contributed by atoms with E-state index in [1.165, 1.54) is 88.7 Å². The summed E-state index contributed by atoms with van der Waals surface area (Å²) in [4.78, 5) is 2.46. The largest absolute Gasteiger partial charge is 0.310 e. The molecule has 2 aliphatic carbocycles. The van der Waals surface area contributed by atoms with Crippen LogP contribution < -0.4 is 4.90 Å². The van der Waals surface area contributed by atoms with Crippen LogP contribution in [0.2, 0.25) is 0 Å². The molecule has 9 aromatic carbocycles. The smallest absolute Gasteiger partial charge is 0.0465 e. The molecule has 11 rings (SSSR count). The van der Waals surface area contributed by atoms with Gasteiger partial charge < -0.3 is 4.90 Å². The first-order valence-electron chi connectivity index (χ1n) is 20.8. The third-order valence-electron chi connectivity index (χ3n) is 13.3. The molecule has 0 aromatic heterocycles. The van der Waals surface area contributed by atoms with Gasteiger partial charge in [0, 0.05) is 27.9 Å². The van der Waals surface area contributed by atoms with Gasteiger partial charge in [-0.1, -0.05) is 173 Å². The van der Waals surface area contributed by atoms with Crippen LogP contribution in [-0.4, -0.2) is 0 Å². The van der Waals surface area contributed by atoms with Gasteiger partial charge in [0.15, 0.2) is 0 Å². The van der Waals surface area contributed by atoms with Gasteiger partial charge in [0.1, 0.15) is 0 Å². The quantitative estimate of drug-likeness (QED) is 0.163. The molecule has 1 heteroatoms. The van der Waals surface area contributed by atoms with Crippen molar-refractivity contribution >= 4 is 27.8 Å². The van der Waals surface area contributed by atoms with E-state index in [1.807, 2.05) is 0 Å². The van der Waals surface area contributed by atoms with Crippen molar-refractivity contribution in [3.05, 3.63) is 222 Å². The van der Waals surface area contributed by atoms with E-state index in [0.29, 0.717) is 0 Å². The van der Waals surface area contributed by atoms with Crippen molar-refractivity contribution in [3.63, 3.8) is 0 Å². The minimum Gasteiger partial charge on any atom is -0.310 e. The maximum atomic E-state index is 2.46. The Labute approximate surface area is 347 Å². The average molecular weight is 756 g/mol. The maximum absolute atomic E-state index is 2.46. The Kier molecular flexibility index (Phi) is 7.94. The SMILES string of the molecule is CC1(C)c2cc(-c3ccccc3)ccc2-c2ccc(N(c3ccc(-c4ccccc4)cc3)c3ccc4c(c3)C(C)(C)c3cc(-c5ccc6ccccc6c5)ccc3-4)cc21. The zero-order valence-corrected chi connectivity index (χ0v) is 34.0. The van der Waals surface area contributed by atoms with Crippen LogP contribution in [0.5, 0.6) is 0 Å². The molecular weight excluding hydrogens is 711 g/mol. The molecule has 0 heterocycles. The lowest BCUT2D eigenvalue weighted by atomic mass is 9.81. The highest BCUT2D eigenvalue weighted by atomic mass is 15.1. The first-order valence-corrected chi connectivity index (χ1v) is 20.8. The Bertz CT molecular complexity index is 3080. The Balaban J connectivity index is 1.01. The van der Waals surface area contributed by atoms with Gasteiger partial charge in [-0.2, -0.15) is 0 Å². The first-order chi connectivity index (χ1) is 28.7. The lowest BCUT2D eigenvalue weighted by molar-refractivity contribution is 0.660. The average Bonchev–Trinajstić information content (AvgIpc) is 3.65.